The maximum Gasteiger partial charge on any atom is 0.238 e. The molecule has 172 valence electrons. The molecule has 0 saturated heterocycles. The van der Waals surface area contributed by atoms with Crippen molar-refractivity contribution >= 4 is 29.0 Å². The van der Waals surface area contributed by atoms with Gasteiger partial charge in [-0.05, 0) is 74.4 Å². The van der Waals surface area contributed by atoms with Crippen LogP contribution < -0.4 is 0 Å². The largest absolute Gasteiger partial charge is 0.378 e. The van der Waals surface area contributed by atoms with Crippen LogP contribution in [-0.4, -0.2) is 40.8 Å². The molecule has 0 amide bonds. The van der Waals surface area contributed by atoms with Gasteiger partial charge >= 0.3 is 0 Å². The van der Waals surface area contributed by atoms with E-state index in [0.29, 0.717) is 26.9 Å². The standard InChI is InChI=1S/C27H24Cl2N4O/c1-17-24(32(4)5)26(15-30,16-31)33-25(2,3)22(23(34)18-6-10-20(28)11-7-18)14-27(17,33)19-8-12-21(29)13-9-19/h6-14H,1-5H3. The van der Waals surface area contributed by atoms with Crippen molar-refractivity contribution in [3.8, 4) is 12.1 Å². The van der Waals surface area contributed by atoms with Crippen molar-refractivity contribution in [1.29, 1.82) is 10.5 Å². The summed E-state index contributed by atoms with van der Waals surface area (Å²) in [6.07, 6.45) is 1.92. The Bertz CT molecular complexity index is 1310. The average Bonchev–Trinajstić information content (AvgIpc) is 3.19. The van der Waals surface area contributed by atoms with E-state index in [-0.39, 0.29) is 5.78 Å². The third-order valence-electron chi connectivity index (χ3n) is 6.94. The molecule has 0 aliphatic carbocycles. The van der Waals surface area contributed by atoms with Gasteiger partial charge < -0.3 is 4.90 Å². The Kier molecular flexibility index (Phi) is 5.66. The quantitative estimate of drug-likeness (QED) is 0.511. The van der Waals surface area contributed by atoms with Crippen LogP contribution in [0.4, 0.5) is 0 Å². The zero-order valence-corrected chi connectivity index (χ0v) is 21.2. The summed E-state index contributed by atoms with van der Waals surface area (Å²) in [7, 11) is 3.66. The maximum absolute atomic E-state index is 13.8. The molecule has 0 radical (unpaired) electrons. The van der Waals surface area contributed by atoms with Crippen LogP contribution in [0.2, 0.25) is 10.0 Å². The molecule has 2 aliphatic heterocycles. The van der Waals surface area contributed by atoms with E-state index >= 15 is 0 Å². The number of carbonyl (C=O) groups excluding carboxylic acids is 1. The summed E-state index contributed by atoms with van der Waals surface area (Å²) < 4.78 is 0. The lowest BCUT2D eigenvalue weighted by atomic mass is 9.83. The predicted octanol–water partition coefficient (Wildman–Crippen LogP) is 5.73. The molecule has 0 saturated carbocycles. The topological polar surface area (TPSA) is 71.1 Å². The van der Waals surface area contributed by atoms with Crippen LogP contribution in [0.25, 0.3) is 0 Å². The van der Waals surface area contributed by atoms with Crippen molar-refractivity contribution in [3.63, 3.8) is 0 Å². The number of Topliss-reactive ketones (excluding diaryl/α,β-unsaturated/α-hetero) is 1. The van der Waals surface area contributed by atoms with E-state index in [1.807, 2.05) is 62.9 Å². The van der Waals surface area contributed by atoms with Gasteiger partial charge in [-0.3, -0.25) is 4.79 Å². The van der Waals surface area contributed by atoms with E-state index in [4.69, 9.17) is 23.2 Å². The number of halogens is 2. The van der Waals surface area contributed by atoms with Gasteiger partial charge in [0.05, 0.1) is 11.2 Å². The molecule has 0 aromatic heterocycles. The van der Waals surface area contributed by atoms with Crippen molar-refractivity contribution < 1.29 is 4.79 Å². The number of fused-ring (bicyclic) bond motifs is 1. The molecule has 0 fully saturated rings. The Morgan fingerprint density at radius 3 is 1.91 bits per heavy atom. The van der Waals surface area contributed by atoms with E-state index in [0.717, 1.165) is 11.1 Å². The van der Waals surface area contributed by atoms with E-state index in [2.05, 4.69) is 12.1 Å². The van der Waals surface area contributed by atoms with Crippen molar-refractivity contribution in [2.75, 3.05) is 14.1 Å². The fraction of sp³-hybridized carbons (Fsp3) is 0.296. The van der Waals surface area contributed by atoms with Crippen LogP contribution in [0, 0.1) is 22.7 Å². The van der Waals surface area contributed by atoms with Gasteiger partial charge in [-0.2, -0.15) is 10.5 Å². The minimum atomic E-state index is -1.62. The van der Waals surface area contributed by atoms with Crippen LogP contribution in [0.5, 0.6) is 0 Å². The molecule has 1 atom stereocenters. The molecular weight excluding hydrogens is 467 g/mol. The summed E-state index contributed by atoms with van der Waals surface area (Å²) >= 11 is 12.2. The first-order chi connectivity index (χ1) is 16.0. The summed E-state index contributed by atoms with van der Waals surface area (Å²) in [6.45, 7) is 5.70. The lowest BCUT2D eigenvalue weighted by Gasteiger charge is -2.46. The smallest absolute Gasteiger partial charge is 0.238 e. The number of rotatable bonds is 4. The second-order valence-electron chi connectivity index (χ2n) is 9.36. The van der Waals surface area contributed by atoms with E-state index in [9.17, 15) is 15.3 Å². The van der Waals surface area contributed by atoms with Gasteiger partial charge in [-0.1, -0.05) is 35.3 Å². The number of ketones is 1. The monoisotopic (exact) mass is 490 g/mol. The molecular formula is C27H24Cl2N4O. The predicted molar refractivity (Wildman–Crippen MR) is 133 cm³/mol. The molecule has 34 heavy (non-hydrogen) atoms. The summed E-state index contributed by atoms with van der Waals surface area (Å²) in [6, 6.07) is 18.7. The van der Waals surface area contributed by atoms with Crippen LogP contribution in [0.15, 0.2) is 71.5 Å². The minimum absolute atomic E-state index is 0.173. The normalized spacial score (nSPS) is 22.6. The highest BCUT2D eigenvalue weighted by molar-refractivity contribution is 6.31. The van der Waals surface area contributed by atoms with Crippen molar-refractivity contribution in [2.45, 2.75) is 37.4 Å². The van der Waals surface area contributed by atoms with Crippen LogP contribution in [0.1, 0.15) is 36.7 Å². The Balaban J connectivity index is 2.08. The first kappa shape index (κ1) is 24.0. The fourth-order valence-electron chi connectivity index (χ4n) is 5.65. The highest BCUT2D eigenvalue weighted by atomic mass is 35.5. The third-order valence-corrected chi connectivity index (χ3v) is 7.44. The van der Waals surface area contributed by atoms with Crippen molar-refractivity contribution in [1.82, 2.24) is 9.80 Å². The second-order valence-corrected chi connectivity index (χ2v) is 10.2. The molecule has 0 bridgehead atoms. The average molecular weight is 491 g/mol. The van der Waals surface area contributed by atoms with E-state index in [1.54, 1.807) is 36.4 Å². The highest BCUT2D eigenvalue weighted by Gasteiger charge is 2.69. The summed E-state index contributed by atoms with van der Waals surface area (Å²) in [4.78, 5) is 17.5. The van der Waals surface area contributed by atoms with Gasteiger partial charge in [-0.15, -0.1) is 0 Å². The van der Waals surface area contributed by atoms with Gasteiger partial charge in [0.1, 0.15) is 12.1 Å². The minimum Gasteiger partial charge on any atom is -0.378 e. The van der Waals surface area contributed by atoms with Crippen LogP contribution >= 0.6 is 23.2 Å². The summed E-state index contributed by atoms with van der Waals surface area (Å²) in [5.74, 6) is -0.173. The second kappa shape index (κ2) is 8.00. The number of benzene rings is 2. The Morgan fingerprint density at radius 1 is 0.941 bits per heavy atom. The number of likely N-dealkylation sites (N-methyl/N-ethyl adjacent to an activating group) is 1. The molecule has 4 rings (SSSR count). The van der Waals surface area contributed by atoms with Gasteiger partial charge in [0.25, 0.3) is 0 Å². The highest BCUT2D eigenvalue weighted by Crippen LogP contribution is 2.61. The Morgan fingerprint density at radius 2 is 1.44 bits per heavy atom. The fourth-order valence-corrected chi connectivity index (χ4v) is 5.90. The Labute approximate surface area is 210 Å². The van der Waals surface area contributed by atoms with E-state index in [1.165, 1.54) is 0 Å². The lowest BCUT2D eigenvalue weighted by molar-refractivity contribution is 0.0575. The SMILES string of the molecule is CC1=C(N(C)C)C(C#N)(C#N)N2C(C)(C)C(C(=O)c3ccc(Cl)cc3)=CC12c1ccc(Cl)cc1. The number of nitrogens with zero attached hydrogens (tertiary/aromatic N) is 4. The van der Waals surface area contributed by atoms with Gasteiger partial charge in [0.2, 0.25) is 5.54 Å². The van der Waals surface area contributed by atoms with Crippen molar-refractivity contribution in [2.24, 2.45) is 0 Å². The third kappa shape index (κ3) is 3.05. The maximum atomic E-state index is 13.8. The van der Waals surface area contributed by atoms with Crippen molar-refractivity contribution in [3.05, 3.63) is 92.6 Å². The first-order valence-corrected chi connectivity index (χ1v) is 11.5. The zero-order valence-electron chi connectivity index (χ0n) is 19.6. The summed E-state index contributed by atoms with van der Waals surface area (Å²) in [5, 5.41) is 22.1. The lowest BCUT2D eigenvalue weighted by Crippen LogP contribution is -2.60. The van der Waals surface area contributed by atoms with Crippen LogP contribution in [0.3, 0.4) is 0 Å². The zero-order chi connectivity index (χ0) is 25.1. The number of carbonyl (C=O) groups is 1. The summed E-state index contributed by atoms with van der Waals surface area (Å²) in [5.41, 5.74) is -0.313. The number of hydrogen-bond acceptors (Lipinski definition) is 5. The van der Waals surface area contributed by atoms with E-state index < -0.39 is 16.6 Å². The van der Waals surface area contributed by atoms with Gasteiger partial charge in [0.15, 0.2) is 5.78 Å². The van der Waals surface area contributed by atoms with Gasteiger partial charge in [0, 0.05) is 40.8 Å². The number of nitriles is 2. The molecule has 7 heteroatoms. The molecule has 5 nitrogen and oxygen atoms in total. The molecule has 2 aromatic rings. The molecule has 2 aliphatic rings. The number of hydrogen-bond donors (Lipinski definition) is 0. The molecule has 2 heterocycles. The molecule has 0 spiro atoms. The van der Waals surface area contributed by atoms with Crippen LogP contribution in [-0.2, 0) is 5.54 Å². The molecule has 1 unspecified atom stereocenters. The van der Waals surface area contributed by atoms with Gasteiger partial charge in [-0.25, -0.2) is 4.90 Å². The first-order valence-electron chi connectivity index (χ1n) is 10.8. The Hall–Kier alpha value is -3.09. The molecule has 0 N–H and O–H groups in total. The molecule has 2 aromatic carbocycles.